The first-order valence-electron chi connectivity index (χ1n) is 9.55. The summed E-state index contributed by atoms with van der Waals surface area (Å²) >= 11 is 1.30. The standard InChI is InChI=1S/C19H21FN6O3S/c1-12-23-24-17(30-12)21-15(27)11-25-8-6-19(7-9-25)16(28)26(18(29)22-19)10-13-2-4-14(20)5-3-13/h2-5H,6-11H2,1H3,(H,22,29)(H,21,24,27). The molecule has 4 rings (SSSR count). The van der Waals surface area contributed by atoms with Crippen molar-refractivity contribution in [1.29, 1.82) is 0 Å². The second-order valence-corrected chi connectivity index (χ2v) is 8.66. The van der Waals surface area contributed by atoms with Gasteiger partial charge in [0, 0.05) is 13.1 Å². The van der Waals surface area contributed by atoms with Crippen molar-refractivity contribution in [3.8, 4) is 0 Å². The number of likely N-dealkylation sites (tertiary alicyclic amines) is 1. The van der Waals surface area contributed by atoms with Gasteiger partial charge >= 0.3 is 6.03 Å². The SMILES string of the molecule is Cc1nnc(NC(=O)CN2CCC3(CC2)NC(=O)N(Cc2ccc(F)cc2)C3=O)s1. The summed E-state index contributed by atoms with van der Waals surface area (Å²) in [7, 11) is 0. The number of carbonyl (C=O) groups excluding carboxylic acids is 3. The van der Waals surface area contributed by atoms with Crippen molar-refractivity contribution < 1.29 is 18.8 Å². The Bertz CT molecular complexity index is 971. The van der Waals surface area contributed by atoms with E-state index in [9.17, 15) is 18.8 Å². The minimum atomic E-state index is -0.944. The number of rotatable bonds is 5. The summed E-state index contributed by atoms with van der Waals surface area (Å²) in [6, 6.07) is 5.28. The van der Waals surface area contributed by atoms with E-state index in [-0.39, 0.29) is 30.7 Å². The molecule has 2 saturated heterocycles. The van der Waals surface area contributed by atoms with Crippen LogP contribution in [0.5, 0.6) is 0 Å². The fourth-order valence-corrected chi connectivity index (χ4v) is 4.34. The van der Waals surface area contributed by atoms with E-state index in [1.165, 1.54) is 28.4 Å². The lowest BCUT2D eigenvalue weighted by Crippen LogP contribution is -2.55. The van der Waals surface area contributed by atoms with E-state index in [0.717, 1.165) is 5.01 Å². The largest absolute Gasteiger partial charge is 0.325 e. The van der Waals surface area contributed by atoms with Gasteiger partial charge in [0.25, 0.3) is 5.91 Å². The molecule has 1 aromatic carbocycles. The predicted molar refractivity (Wildman–Crippen MR) is 107 cm³/mol. The molecule has 1 aromatic heterocycles. The molecule has 2 N–H and O–H groups in total. The van der Waals surface area contributed by atoms with Crippen LogP contribution in [0.1, 0.15) is 23.4 Å². The second-order valence-electron chi connectivity index (χ2n) is 7.48. The number of nitrogens with zero attached hydrogens (tertiary/aromatic N) is 4. The highest BCUT2D eigenvalue weighted by atomic mass is 32.1. The van der Waals surface area contributed by atoms with Gasteiger partial charge < -0.3 is 5.32 Å². The summed E-state index contributed by atoms with van der Waals surface area (Å²) in [6.07, 6.45) is 0.839. The summed E-state index contributed by atoms with van der Waals surface area (Å²) in [4.78, 5) is 40.7. The predicted octanol–water partition coefficient (Wildman–Crippen LogP) is 1.51. The van der Waals surface area contributed by atoms with Crippen LogP contribution < -0.4 is 10.6 Å². The normalized spacial score (nSPS) is 18.7. The third-order valence-electron chi connectivity index (χ3n) is 5.35. The molecule has 30 heavy (non-hydrogen) atoms. The van der Waals surface area contributed by atoms with E-state index in [0.29, 0.717) is 36.6 Å². The van der Waals surface area contributed by atoms with E-state index in [1.54, 1.807) is 12.1 Å². The molecule has 11 heteroatoms. The molecular weight excluding hydrogens is 411 g/mol. The molecule has 158 valence electrons. The van der Waals surface area contributed by atoms with Crippen molar-refractivity contribution in [1.82, 2.24) is 25.3 Å². The Hall–Kier alpha value is -2.92. The fraction of sp³-hybridized carbons (Fsp3) is 0.421. The van der Waals surface area contributed by atoms with Crippen molar-refractivity contribution in [3.05, 3.63) is 40.7 Å². The number of aromatic nitrogens is 2. The van der Waals surface area contributed by atoms with Gasteiger partial charge in [-0.1, -0.05) is 23.5 Å². The highest BCUT2D eigenvalue weighted by Crippen LogP contribution is 2.30. The van der Waals surface area contributed by atoms with E-state index >= 15 is 0 Å². The topological polar surface area (TPSA) is 108 Å². The number of benzene rings is 1. The number of piperidine rings is 1. The summed E-state index contributed by atoms with van der Waals surface area (Å²) in [6.45, 7) is 3.08. The van der Waals surface area contributed by atoms with Gasteiger partial charge in [0.05, 0.1) is 13.1 Å². The average Bonchev–Trinajstić information content (AvgIpc) is 3.21. The number of aryl methyl sites for hydroxylation is 1. The number of hydrogen-bond acceptors (Lipinski definition) is 7. The number of urea groups is 1. The van der Waals surface area contributed by atoms with E-state index < -0.39 is 11.6 Å². The third kappa shape index (κ3) is 4.17. The van der Waals surface area contributed by atoms with Crippen LogP contribution in [0, 0.1) is 12.7 Å². The summed E-state index contributed by atoms with van der Waals surface area (Å²) in [5, 5.41) is 14.5. The van der Waals surface area contributed by atoms with E-state index in [4.69, 9.17) is 0 Å². The average molecular weight is 432 g/mol. The van der Waals surface area contributed by atoms with Crippen molar-refractivity contribution >= 4 is 34.3 Å². The van der Waals surface area contributed by atoms with Crippen molar-refractivity contribution in [2.24, 2.45) is 0 Å². The maximum Gasteiger partial charge on any atom is 0.325 e. The monoisotopic (exact) mass is 432 g/mol. The molecule has 9 nitrogen and oxygen atoms in total. The Morgan fingerprint density at radius 1 is 1.23 bits per heavy atom. The lowest BCUT2D eigenvalue weighted by molar-refractivity contribution is -0.133. The highest BCUT2D eigenvalue weighted by Gasteiger charge is 2.52. The van der Waals surface area contributed by atoms with Gasteiger partial charge in [-0.3, -0.25) is 24.7 Å². The molecule has 0 saturated carbocycles. The van der Waals surface area contributed by atoms with Gasteiger partial charge in [0.2, 0.25) is 11.0 Å². The van der Waals surface area contributed by atoms with Gasteiger partial charge in [-0.25, -0.2) is 9.18 Å². The smallest absolute Gasteiger partial charge is 0.323 e. The van der Waals surface area contributed by atoms with Crippen LogP contribution in [0.4, 0.5) is 14.3 Å². The first-order chi connectivity index (χ1) is 14.3. The molecule has 0 unspecified atom stereocenters. The molecule has 2 aliphatic heterocycles. The third-order valence-corrected chi connectivity index (χ3v) is 6.10. The molecule has 4 amide bonds. The number of nitrogens with one attached hydrogen (secondary N) is 2. The molecule has 0 atom stereocenters. The van der Waals surface area contributed by atoms with Gasteiger partial charge in [0.15, 0.2) is 0 Å². The van der Waals surface area contributed by atoms with Gasteiger partial charge in [-0.15, -0.1) is 10.2 Å². The molecule has 2 aromatic rings. The van der Waals surface area contributed by atoms with Crippen LogP contribution in [0.3, 0.4) is 0 Å². The molecule has 2 fully saturated rings. The fourth-order valence-electron chi connectivity index (χ4n) is 3.73. The number of amides is 4. The number of carbonyl (C=O) groups is 3. The Morgan fingerprint density at radius 3 is 2.57 bits per heavy atom. The van der Waals surface area contributed by atoms with E-state index in [1.807, 2.05) is 11.8 Å². The van der Waals surface area contributed by atoms with Crippen LogP contribution in [-0.2, 0) is 16.1 Å². The Kier molecular flexibility index (Phi) is 5.48. The van der Waals surface area contributed by atoms with Gasteiger partial charge in [0.1, 0.15) is 16.4 Å². The Labute approximate surface area is 176 Å². The lowest BCUT2D eigenvalue weighted by Gasteiger charge is -2.36. The first-order valence-corrected chi connectivity index (χ1v) is 10.4. The number of anilines is 1. The molecule has 0 bridgehead atoms. The second kappa shape index (κ2) is 8.07. The maximum atomic E-state index is 13.1. The zero-order valence-electron chi connectivity index (χ0n) is 16.4. The van der Waals surface area contributed by atoms with Crippen LogP contribution in [-0.4, -0.2) is 63.0 Å². The zero-order valence-corrected chi connectivity index (χ0v) is 17.2. The van der Waals surface area contributed by atoms with Crippen LogP contribution in [0.25, 0.3) is 0 Å². The van der Waals surface area contributed by atoms with E-state index in [2.05, 4.69) is 20.8 Å². The highest BCUT2D eigenvalue weighted by molar-refractivity contribution is 7.15. The van der Waals surface area contributed by atoms with Gasteiger partial charge in [-0.05, 0) is 37.5 Å². The zero-order chi connectivity index (χ0) is 21.3. The number of hydrogen-bond donors (Lipinski definition) is 2. The first kappa shape index (κ1) is 20.4. The maximum absolute atomic E-state index is 13.1. The number of halogens is 1. The molecule has 2 aliphatic rings. The molecule has 0 radical (unpaired) electrons. The van der Waals surface area contributed by atoms with Crippen LogP contribution in [0.2, 0.25) is 0 Å². The van der Waals surface area contributed by atoms with Crippen molar-refractivity contribution in [2.75, 3.05) is 25.0 Å². The van der Waals surface area contributed by atoms with Crippen LogP contribution in [0.15, 0.2) is 24.3 Å². The van der Waals surface area contributed by atoms with Crippen molar-refractivity contribution in [2.45, 2.75) is 31.8 Å². The minimum absolute atomic E-state index is 0.0973. The molecule has 1 spiro atoms. The molecule has 3 heterocycles. The quantitative estimate of drug-likeness (QED) is 0.694. The molecular formula is C19H21FN6O3S. The van der Waals surface area contributed by atoms with Crippen LogP contribution >= 0.6 is 11.3 Å². The summed E-state index contributed by atoms with van der Waals surface area (Å²) in [5.74, 6) is -0.836. The summed E-state index contributed by atoms with van der Waals surface area (Å²) < 4.78 is 13.1. The van der Waals surface area contributed by atoms with Gasteiger partial charge in [-0.2, -0.15) is 0 Å². The summed E-state index contributed by atoms with van der Waals surface area (Å²) in [5.41, 5.74) is -0.265. The number of imide groups is 1. The minimum Gasteiger partial charge on any atom is -0.323 e. The Balaban J connectivity index is 1.33. The Morgan fingerprint density at radius 2 is 1.93 bits per heavy atom. The lowest BCUT2D eigenvalue weighted by atomic mass is 9.87. The molecule has 0 aliphatic carbocycles. The van der Waals surface area contributed by atoms with Crippen molar-refractivity contribution in [3.63, 3.8) is 0 Å².